The molecule has 180 valence electrons. The summed E-state index contributed by atoms with van der Waals surface area (Å²) in [4.78, 5) is 65.2. The third-order valence-corrected chi connectivity index (χ3v) is 7.13. The molecule has 2 heterocycles. The van der Waals surface area contributed by atoms with E-state index in [0.717, 1.165) is 6.26 Å². The minimum atomic E-state index is -1.10. The molecular formula is C27H18O9. The smallest absolute Gasteiger partial charge is 0.202 e. The zero-order chi connectivity index (χ0) is 25.3. The van der Waals surface area contributed by atoms with Gasteiger partial charge in [-0.15, -0.1) is 0 Å². The van der Waals surface area contributed by atoms with Gasteiger partial charge >= 0.3 is 0 Å². The number of carbonyl (C=O) groups is 5. The van der Waals surface area contributed by atoms with Crippen LogP contribution < -0.4 is 0 Å². The van der Waals surface area contributed by atoms with Gasteiger partial charge in [0, 0.05) is 51.8 Å². The average molecular weight is 486 g/mol. The Hall–Kier alpha value is -4.37. The van der Waals surface area contributed by atoms with Crippen molar-refractivity contribution in [2.75, 3.05) is 6.61 Å². The van der Waals surface area contributed by atoms with Crippen LogP contribution in [0.2, 0.25) is 0 Å². The predicted molar refractivity (Wildman–Crippen MR) is 121 cm³/mol. The molecular weight excluding hydrogens is 468 g/mol. The lowest BCUT2D eigenvalue weighted by atomic mass is 9.74. The molecule has 36 heavy (non-hydrogen) atoms. The highest BCUT2D eigenvalue weighted by Crippen LogP contribution is 2.39. The molecule has 0 spiro atoms. The SMILES string of the molecule is O=C1C2=C(CC(C(=O)C3CC4C(=O)c5cc(O)ccc5C(=O)C4=CO3)OC2)C(=O)c2cc(O)ccc21. The van der Waals surface area contributed by atoms with Crippen LogP contribution in [0.25, 0.3) is 0 Å². The summed E-state index contributed by atoms with van der Waals surface area (Å²) in [5.41, 5.74) is 0.970. The number of aromatic hydroxyl groups is 2. The molecule has 4 aliphatic rings. The van der Waals surface area contributed by atoms with Gasteiger partial charge in [-0.1, -0.05) is 0 Å². The summed E-state index contributed by atoms with van der Waals surface area (Å²) in [6, 6.07) is 7.86. The van der Waals surface area contributed by atoms with Gasteiger partial charge in [0.05, 0.1) is 18.8 Å². The fourth-order valence-corrected chi connectivity index (χ4v) is 5.26. The van der Waals surface area contributed by atoms with Crippen molar-refractivity contribution in [1.82, 2.24) is 0 Å². The zero-order valence-electron chi connectivity index (χ0n) is 18.6. The second kappa shape index (κ2) is 7.82. The Bertz CT molecular complexity index is 1490. The lowest BCUT2D eigenvalue weighted by Gasteiger charge is -2.34. The summed E-state index contributed by atoms with van der Waals surface area (Å²) >= 11 is 0. The Balaban J connectivity index is 1.25. The summed E-state index contributed by atoms with van der Waals surface area (Å²) in [6.45, 7) is -0.238. The Morgan fingerprint density at radius 2 is 1.42 bits per heavy atom. The summed E-state index contributed by atoms with van der Waals surface area (Å²) in [6.07, 6.45) is -1.32. The fraction of sp³-hybridized carbons (Fsp3) is 0.222. The number of benzene rings is 2. The van der Waals surface area contributed by atoms with Crippen molar-refractivity contribution in [3.05, 3.63) is 81.6 Å². The van der Waals surface area contributed by atoms with E-state index in [4.69, 9.17) is 9.47 Å². The van der Waals surface area contributed by atoms with Gasteiger partial charge in [-0.05, 0) is 36.4 Å². The Labute approximate surface area is 203 Å². The maximum absolute atomic E-state index is 13.3. The van der Waals surface area contributed by atoms with Crippen LogP contribution in [0, 0.1) is 5.92 Å². The van der Waals surface area contributed by atoms with Crippen molar-refractivity contribution < 1.29 is 43.7 Å². The number of ether oxygens (including phenoxy) is 2. The van der Waals surface area contributed by atoms with Gasteiger partial charge in [-0.25, -0.2) is 0 Å². The topological polar surface area (TPSA) is 144 Å². The number of Topliss-reactive ketones (excluding diaryl/α,β-unsaturated/α-hetero) is 5. The molecule has 0 amide bonds. The lowest BCUT2D eigenvalue weighted by molar-refractivity contribution is -0.140. The van der Waals surface area contributed by atoms with Gasteiger partial charge in [0.1, 0.15) is 17.6 Å². The van der Waals surface area contributed by atoms with E-state index < -0.39 is 41.3 Å². The average Bonchev–Trinajstić information content (AvgIpc) is 2.89. The number of carbonyl (C=O) groups excluding carboxylic acids is 5. The van der Waals surface area contributed by atoms with Crippen LogP contribution in [0.5, 0.6) is 11.5 Å². The molecule has 2 N–H and O–H groups in total. The van der Waals surface area contributed by atoms with E-state index in [-0.39, 0.29) is 75.7 Å². The first-order valence-electron chi connectivity index (χ1n) is 11.3. The molecule has 0 saturated carbocycles. The van der Waals surface area contributed by atoms with Gasteiger partial charge in [0.25, 0.3) is 0 Å². The number of rotatable bonds is 2. The quantitative estimate of drug-likeness (QED) is 0.654. The molecule has 0 aromatic heterocycles. The van der Waals surface area contributed by atoms with Crippen LogP contribution in [0.3, 0.4) is 0 Å². The van der Waals surface area contributed by atoms with Crippen LogP contribution in [-0.2, 0) is 14.3 Å². The molecule has 0 bridgehead atoms. The Morgan fingerprint density at radius 1 is 0.778 bits per heavy atom. The highest BCUT2D eigenvalue weighted by atomic mass is 16.5. The first kappa shape index (κ1) is 22.1. The predicted octanol–water partition coefficient (Wildman–Crippen LogP) is 2.50. The molecule has 0 fully saturated rings. The van der Waals surface area contributed by atoms with E-state index in [2.05, 4.69) is 0 Å². The summed E-state index contributed by atoms with van der Waals surface area (Å²) < 4.78 is 11.2. The van der Waals surface area contributed by atoms with Gasteiger partial charge in [-0.2, -0.15) is 0 Å². The second-order valence-electron chi connectivity index (χ2n) is 9.16. The minimum Gasteiger partial charge on any atom is -0.508 e. The van der Waals surface area contributed by atoms with E-state index in [1.165, 1.54) is 36.4 Å². The number of hydrogen-bond acceptors (Lipinski definition) is 9. The first-order chi connectivity index (χ1) is 17.2. The zero-order valence-corrected chi connectivity index (χ0v) is 18.6. The molecule has 2 aliphatic carbocycles. The third-order valence-electron chi connectivity index (χ3n) is 7.13. The highest BCUT2D eigenvalue weighted by molar-refractivity contribution is 6.27. The van der Waals surface area contributed by atoms with Crippen LogP contribution in [-0.4, -0.2) is 57.9 Å². The normalized spacial score (nSPS) is 24.8. The minimum absolute atomic E-state index is 0.0709. The van der Waals surface area contributed by atoms with E-state index >= 15 is 0 Å². The monoisotopic (exact) mass is 486 g/mol. The molecule has 9 nitrogen and oxygen atoms in total. The van der Waals surface area contributed by atoms with E-state index in [9.17, 15) is 34.2 Å². The van der Waals surface area contributed by atoms with Gasteiger partial charge in [0.2, 0.25) is 5.78 Å². The van der Waals surface area contributed by atoms with Gasteiger partial charge < -0.3 is 19.7 Å². The number of ketones is 5. The third kappa shape index (κ3) is 3.16. The summed E-state index contributed by atoms with van der Waals surface area (Å²) in [5.74, 6) is -3.37. The molecule has 3 atom stereocenters. The number of phenolic OH excluding ortho intramolecular Hbond substituents is 2. The molecule has 0 radical (unpaired) electrons. The second-order valence-corrected chi connectivity index (χ2v) is 9.16. The maximum Gasteiger partial charge on any atom is 0.202 e. The van der Waals surface area contributed by atoms with Crippen molar-refractivity contribution in [3.8, 4) is 11.5 Å². The largest absolute Gasteiger partial charge is 0.508 e. The number of allylic oxidation sites excluding steroid dienone is 1. The van der Waals surface area contributed by atoms with Crippen molar-refractivity contribution in [2.24, 2.45) is 5.92 Å². The highest BCUT2D eigenvalue weighted by Gasteiger charge is 2.46. The summed E-state index contributed by atoms with van der Waals surface area (Å²) in [5, 5.41) is 19.5. The van der Waals surface area contributed by atoms with Crippen LogP contribution >= 0.6 is 0 Å². The number of hydrogen-bond donors (Lipinski definition) is 2. The standard InChI is InChI=1S/C27H18O9/c28-11-1-3-13-15(5-11)25(32)17-7-21(35-9-19(17)23(13)30)27(34)22-8-18-20(10-36-22)24(31)14-4-2-12(29)6-16(14)26(18)33/h1-6,9,17,21-22,28-29H,7-8,10H2. The molecule has 0 saturated heterocycles. The number of phenols is 2. The van der Waals surface area contributed by atoms with Crippen molar-refractivity contribution in [2.45, 2.75) is 25.0 Å². The van der Waals surface area contributed by atoms with Gasteiger partial charge in [0.15, 0.2) is 29.2 Å². The lowest BCUT2D eigenvalue weighted by Crippen LogP contribution is -2.44. The molecule has 3 unspecified atom stereocenters. The van der Waals surface area contributed by atoms with E-state index in [0.29, 0.717) is 0 Å². The van der Waals surface area contributed by atoms with Gasteiger partial charge in [-0.3, -0.25) is 24.0 Å². The molecule has 2 aliphatic heterocycles. The van der Waals surface area contributed by atoms with Crippen molar-refractivity contribution in [1.29, 1.82) is 0 Å². The van der Waals surface area contributed by atoms with E-state index in [1.807, 2.05) is 0 Å². The van der Waals surface area contributed by atoms with E-state index in [1.54, 1.807) is 0 Å². The number of fused-ring (bicyclic) bond motifs is 3. The van der Waals surface area contributed by atoms with Crippen molar-refractivity contribution >= 4 is 28.9 Å². The van der Waals surface area contributed by atoms with Crippen molar-refractivity contribution in [3.63, 3.8) is 0 Å². The van der Waals surface area contributed by atoms with Crippen LogP contribution in [0.15, 0.2) is 59.4 Å². The van der Waals surface area contributed by atoms with Crippen LogP contribution in [0.4, 0.5) is 0 Å². The molecule has 2 aromatic carbocycles. The Morgan fingerprint density at radius 3 is 2.14 bits per heavy atom. The maximum atomic E-state index is 13.3. The molecule has 6 rings (SSSR count). The molecule has 9 heteroatoms. The molecule has 2 aromatic rings. The fourth-order valence-electron chi connectivity index (χ4n) is 5.26. The summed E-state index contributed by atoms with van der Waals surface area (Å²) in [7, 11) is 0. The Kier molecular flexibility index (Phi) is 4.81. The first-order valence-corrected chi connectivity index (χ1v) is 11.3. The van der Waals surface area contributed by atoms with Crippen LogP contribution in [0.1, 0.15) is 54.3 Å².